The first-order valence-corrected chi connectivity index (χ1v) is 11.8. The van der Waals surface area contributed by atoms with Gasteiger partial charge in [0.1, 0.15) is 12.6 Å². The standard InChI is InChI=1S/C22H18Cl3F3N6O3/c1-11(35)19-29-18(30-34(19)16-7-6-14(24)8-15(16)25)10-33-21(37)32(9-17(36)22(26,27)28)20(31-33)12-2-4-13(23)5-3-12/h2-8,11,17,35-36H,9-10H2,1H3/t11-,17-/m0/s1. The van der Waals surface area contributed by atoms with Gasteiger partial charge in [0.05, 0.1) is 17.3 Å². The molecule has 0 unspecified atom stereocenters. The molecule has 9 nitrogen and oxygen atoms in total. The number of aliphatic hydroxyl groups excluding tert-OH is 2. The Kier molecular flexibility index (Phi) is 7.67. The van der Waals surface area contributed by atoms with Crippen LogP contribution in [0.25, 0.3) is 17.1 Å². The third-order valence-corrected chi connectivity index (χ3v) is 6.03. The first-order chi connectivity index (χ1) is 17.3. The second-order valence-electron chi connectivity index (χ2n) is 8.01. The van der Waals surface area contributed by atoms with E-state index < -0.39 is 30.6 Å². The van der Waals surface area contributed by atoms with Crippen LogP contribution in [0.2, 0.25) is 15.1 Å². The van der Waals surface area contributed by atoms with E-state index >= 15 is 0 Å². The van der Waals surface area contributed by atoms with E-state index in [1.807, 2.05) is 0 Å². The summed E-state index contributed by atoms with van der Waals surface area (Å²) in [7, 11) is 0. The Morgan fingerprint density at radius 3 is 2.24 bits per heavy atom. The lowest BCUT2D eigenvalue weighted by Crippen LogP contribution is -2.37. The van der Waals surface area contributed by atoms with Crippen molar-refractivity contribution in [3.05, 3.63) is 79.7 Å². The molecule has 4 rings (SSSR count). The Morgan fingerprint density at radius 1 is 1.00 bits per heavy atom. The maximum Gasteiger partial charge on any atom is 0.416 e. The minimum absolute atomic E-state index is 0.0210. The normalized spacial score (nSPS) is 13.6. The van der Waals surface area contributed by atoms with Gasteiger partial charge >= 0.3 is 11.9 Å². The Labute approximate surface area is 222 Å². The highest BCUT2D eigenvalue weighted by Crippen LogP contribution is 2.27. The van der Waals surface area contributed by atoms with Gasteiger partial charge < -0.3 is 10.2 Å². The van der Waals surface area contributed by atoms with E-state index in [0.717, 1.165) is 4.68 Å². The van der Waals surface area contributed by atoms with Crippen LogP contribution >= 0.6 is 34.8 Å². The number of aromatic nitrogens is 6. The smallest absolute Gasteiger partial charge is 0.385 e. The quantitative estimate of drug-likeness (QED) is 0.339. The van der Waals surface area contributed by atoms with E-state index in [1.165, 1.54) is 41.9 Å². The van der Waals surface area contributed by atoms with Crippen molar-refractivity contribution in [2.45, 2.75) is 38.4 Å². The van der Waals surface area contributed by atoms with Gasteiger partial charge in [-0.2, -0.15) is 13.2 Å². The largest absolute Gasteiger partial charge is 0.416 e. The molecule has 0 aliphatic rings. The van der Waals surface area contributed by atoms with Crippen molar-refractivity contribution in [2.24, 2.45) is 0 Å². The zero-order chi connectivity index (χ0) is 27.1. The molecule has 0 amide bonds. The van der Waals surface area contributed by atoms with Gasteiger partial charge in [0.25, 0.3) is 0 Å². The number of alkyl halides is 3. The van der Waals surface area contributed by atoms with Crippen molar-refractivity contribution in [2.75, 3.05) is 0 Å². The van der Waals surface area contributed by atoms with Crippen molar-refractivity contribution in [1.29, 1.82) is 0 Å². The first-order valence-electron chi connectivity index (χ1n) is 10.6. The van der Waals surface area contributed by atoms with Gasteiger partial charge in [0, 0.05) is 15.6 Å². The number of hydrogen-bond acceptors (Lipinski definition) is 6. The molecule has 2 aromatic heterocycles. The highest BCUT2D eigenvalue weighted by Gasteiger charge is 2.39. The molecule has 37 heavy (non-hydrogen) atoms. The third-order valence-electron chi connectivity index (χ3n) is 5.24. The summed E-state index contributed by atoms with van der Waals surface area (Å²) in [6, 6.07) is 10.5. The Hall–Kier alpha value is -2.90. The molecule has 4 aromatic rings. The van der Waals surface area contributed by atoms with Gasteiger partial charge in [-0.15, -0.1) is 10.2 Å². The predicted molar refractivity (Wildman–Crippen MR) is 130 cm³/mol. The fourth-order valence-corrected chi connectivity index (χ4v) is 4.08. The van der Waals surface area contributed by atoms with Crippen LogP contribution in [0.3, 0.4) is 0 Å². The lowest BCUT2D eigenvalue weighted by atomic mass is 10.2. The Balaban J connectivity index is 1.78. The summed E-state index contributed by atoms with van der Waals surface area (Å²) in [6.07, 6.45) is -8.85. The summed E-state index contributed by atoms with van der Waals surface area (Å²) in [5.74, 6) is -0.00860. The van der Waals surface area contributed by atoms with Crippen LogP contribution in [-0.2, 0) is 13.1 Å². The van der Waals surface area contributed by atoms with Crippen LogP contribution in [0.1, 0.15) is 24.7 Å². The number of benzene rings is 2. The number of aliphatic hydroxyl groups is 2. The van der Waals surface area contributed by atoms with Gasteiger partial charge in [-0.25, -0.2) is 19.1 Å². The summed E-state index contributed by atoms with van der Waals surface area (Å²) in [6.45, 7) is 0.0140. The zero-order valence-electron chi connectivity index (χ0n) is 18.9. The maximum atomic E-state index is 13.1. The van der Waals surface area contributed by atoms with Gasteiger partial charge in [-0.05, 0) is 49.4 Å². The van der Waals surface area contributed by atoms with E-state index in [1.54, 1.807) is 12.1 Å². The highest BCUT2D eigenvalue weighted by atomic mass is 35.5. The highest BCUT2D eigenvalue weighted by molar-refractivity contribution is 6.35. The molecule has 196 valence electrons. The molecule has 0 fully saturated rings. The van der Waals surface area contributed by atoms with E-state index in [4.69, 9.17) is 34.8 Å². The lowest BCUT2D eigenvalue weighted by Gasteiger charge is -2.15. The van der Waals surface area contributed by atoms with E-state index in [2.05, 4.69) is 15.2 Å². The maximum absolute atomic E-state index is 13.1. The number of halogens is 6. The lowest BCUT2D eigenvalue weighted by molar-refractivity contribution is -0.207. The average molecular weight is 578 g/mol. The number of rotatable bonds is 7. The molecule has 0 bridgehead atoms. The van der Waals surface area contributed by atoms with E-state index in [9.17, 15) is 28.2 Å². The molecule has 2 atom stereocenters. The van der Waals surface area contributed by atoms with Gasteiger partial charge in [-0.3, -0.25) is 4.57 Å². The van der Waals surface area contributed by atoms with Gasteiger partial charge in [0.2, 0.25) is 0 Å². The van der Waals surface area contributed by atoms with Crippen LogP contribution in [0, 0.1) is 0 Å². The zero-order valence-corrected chi connectivity index (χ0v) is 21.1. The van der Waals surface area contributed by atoms with E-state index in [-0.39, 0.29) is 29.0 Å². The molecule has 0 saturated heterocycles. The second kappa shape index (κ2) is 10.5. The van der Waals surface area contributed by atoms with Crippen LogP contribution in [0.5, 0.6) is 0 Å². The summed E-state index contributed by atoms with van der Waals surface area (Å²) in [5, 5.41) is 29.3. The van der Waals surface area contributed by atoms with Crippen molar-refractivity contribution >= 4 is 34.8 Å². The molecule has 0 radical (unpaired) electrons. The Bertz CT molecular complexity index is 1480. The predicted octanol–water partition coefficient (Wildman–Crippen LogP) is 4.28. The minimum atomic E-state index is -4.96. The molecule has 0 aliphatic heterocycles. The van der Waals surface area contributed by atoms with E-state index in [0.29, 0.717) is 25.9 Å². The fourth-order valence-electron chi connectivity index (χ4n) is 3.47. The summed E-state index contributed by atoms with van der Waals surface area (Å²) in [5.41, 5.74) is -0.285. The van der Waals surface area contributed by atoms with Gasteiger partial charge in [0.15, 0.2) is 23.6 Å². The SMILES string of the molecule is C[C@H](O)c1nc(Cn2nc(-c3ccc(Cl)cc3)n(C[C@H](O)C(F)(F)F)c2=O)nn1-c1ccc(Cl)cc1Cl. The van der Waals surface area contributed by atoms with Crippen LogP contribution in [0.15, 0.2) is 47.3 Å². The second-order valence-corrected chi connectivity index (χ2v) is 9.29. The molecule has 2 heterocycles. The van der Waals surface area contributed by atoms with Crippen molar-refractivity contribution in [3.8, 4) is 17.1 Å². The molecule has 0 aliphatic carbocycles. The van der Waals surface area contributed by atoms with Crippen LogP contribution < -0.4 is 5.69 Å². The number of hydrogen-bond donors (Lipinski definition) is 2. The molecular formula is C22H18Cl3F3N6O3. The number of nitrogens with zero attached hydrogens (tertiary/aromatic N) is 6. The first kappa shape index (κ1) is 27.1. The summed E-state index contributed by atoms with van der Waals surface area (Å²) in [4.78, 5) is 17.4. The molecule has 0 saturated carbocycles. The van der Waals surface area contributed by atoms with Crippen molar-refractivity contribution in [3.63, 3.8) is 0 Å². The topological polar surface area (TPSA) is 111 Å². The third kappa shape index (κ3) is 5.83. The van der Waals surface area contributed by atoms with Crippen LogP contribution in [0.4, 0.5) is 13.2 Å². The molecular weight excluding hydrogens is 560 g/mol. The Morgan fingerprint density at radius 2 is 1.65 bits per heavy atom. The molecule has 15 heteroatoms. The minimum Gasteiger partial charge on any atom is -0.385 e. The van der Waals surface area contributed by atoms with Crippen molar-refractivity contribution < 1.29 is 23.4 Å². The van der Waals surface area contributed by atoms with Gasteiger partial charge in [-0.1, -0.05) is 34.8 Å². The summed E-state index contributed by atoms with van der Waals surface area (Å²) < 4.78 is 42.1. The van der Waals surface area contributed by atoms with Crippen LogP contribution in [-0.4, -0.2) is 51.6 Å². The molecule has 2 N–H and O–H groups in total. The molecule has 0 spiro atoms. The summed E-state index contributed by atoms with van der Waals surface area (Å²) >= 11 is 18.1. The van der Waals surface area contributed by atoms with Crippen molar-refractivity contribution in [1.82, 2.24) is 29.1 Å². The monoisotopic (exact) mass is 576 g/mol. The average Bonchev–Trinajstić information content (AvgIpc) is 3.36. The molecule has 2 aromatic carbocycles. The fraction of sp³-hybridized carbons (Fsp3) is 0.273.